The molecule has 0 saturated carbocycles. The van der Waals surface area contributed by atoms with E-state index < -0.39 is 86.8 Å². The lowest BCUT2D eigenvalue weighted by Crippen LogP contribution is -2.65. The van der Waals surface area contributed by atoms with Crippen molar-refractivity contribution in [3.8, 4) is 0 Å². The molecule has 2 fully saturated rings. The summed E-state index contributed by atoms with van der Waals surface area (Å²) in [6.45, 7) is 2.67. The van der Waals surface area contributed by atoms with Crippen molar-refractivity contribution in [3.63, 3.8) is 0 Å². The number of rotatable bonds is 65. The number of ether oxygens (including phenoxy) is 4. The molecule has 0 aromatic heterocycles. The number of carbonyl (C=O) groups is 1. The van der Waals surface area contributed by atoms with E-state index >= 15 is 0 Å². The van der Waals surface area contributed by atoms with Crippen LogP contribution < -0.4 is 5.32 Å². The molecular weight excluding hydrogens is 1270 g/mol. The molecule has 0 bridgehead atoms. The Morgan fingerprint density at radius 1 is 0.366 bits per heavy atom. The molecule has 12 atom stereocenters. The Kier molecular flexibility index (Phi) is 63.1. The second kappa shape index (κ2) is 68.7. The van der Waals surface area contributed by atoms with Gasteiger partial charge in [0, 0.05) is 6.42 Å². The molecular formula is C87H145NO13. The maximum atomic E-state index is 13.4. The Morgan fingerprint density at radius 2 is 0.693 bits per heavy atom. The van der Waals surface area contributed by atoms with Crippen LogP contribution in [0.25, 0.3) is 0 Å². The van der Waals surface area contributed by atoms with Gasteiger partial charge in [-0.15, -0.1) is 0 Å². The van der Waals surface area contributed by atoms with Crippen molar-refractivity contribution in [1.82, 2.24) is 5.32 Å². The van der Waals surface area contributed by atoms with Crippen LogP contribution in [0.5, 0.6) is 0 Å². The summed E-state index contributed by atoms with van der Waals surface area (Å²) in [4.78, 5) is 13.4. The van der Waals surface area contributed by atoms with Crippen molar-refractivity contribution in [3.05, 3.63) is 158 Å². The number of aliphatic hydroxyl groups excluding tert-OH is 8. The Balaban J connectivity index is 1.64. The van der Waals surface area contributed by atoms with Crippen molar-refractivity contribution in [1.29, 1.82) is 0 Å². The summed E-state index contributed by atoms with van der Waals surface area (Å²) in [5, 5.41) is 87.6. The van der Waals surface area contributed by atoms with Crippen LogP contribution in [0.1, 0.15) is 290 Å². The summed E-state index contributed by atoms with van der Waals surface area (Å²) < 4.78 is 22.9. The van der Waals surface area contributed by atoms with E-state index in [1.165, 1.54) is 141 Å². The number of aliphatic hydroxyl groups is 8. The molecule has 9 N–H and O–H groups in total. The number of carbonyl (C=O) groups excluding carboxylic acids is 1. The van der Waals surface area contributed by atoms with Gasteiger partial charge >= 0.3 is 0 Å². The number of hydrogen-bond donors (Lipinski definition) is 9. The van der Waals surface area contributed by atoms with Gasteiger partial charge < -0.3 is 65.1 Å². The summed E-state index contributed by atoms with van der Waals surface area (Å²) in [6.07, 6.45) is 88.8. The fourth-order valence-corrected chi connectivity index (χ4v) is 12.1. The number of amides is 1. The number of allylic oxidation sites excluding steroid dienone is 25. The number of nitrogens with one attached hydrogen (secondary N) is 1. The molecule has 2 rings (SSSR count). The molecule has 2 heterocycles. The fraction of sp³-hybridized carbons (Fsp3) is 0.690. The Hall–Kier alpha value is -4.39. The normalized spacial score (nSPS) is 22.6. The first kappa shape index (κ1) is 92.7. The maximum Gasteiger partial charge on any atom is 0.220 e. The van der Waals surface area contributed by atoms with Gasteiger partial charge in [-0.25, -0.2) is 0 Å². The Labute approximate surface area is 614 Å². The first-order valence-electron chi connectivity index (χ1n) is 40.2. The average molecular weight is 1410 g/mol. The van der Waals surface area contributed by atoms with Crippen molar-refractivity contribution >= 4 is 5.91 Å². The highest BCUT2D eigenvalue weighted by Gasteiger charge is 2.51. The third kappa shape index (κ3) is 51.4. The summed E-state index contributed by atoms with van der Waals surface area (Å²) in [7, 11) is 0. The van der Waals surface area contributed by atoms with Crippen molar-refractivity contribution in [2.24, 2.45) is 0 Å². The van der Waals surface area contributed by atoms with Crippen LogP contribution in [-0.2, 0) is 23.7 Å². The van der Waals surface area contributed by atoms with Crippen molar-refractivity contribution in [2.45, 2.75) is 364 Å². The Morgan fingerprint density at radius 3 is 1.09 bits per heavy atom. The molecule has 2 aliphatic heterocycles. The van der Waals surface area contributed by atoms with Crippen LogP contribution in [0, 0.1) is 0 Å². The van der Waals surface area contributed by atoms with Gasteiger partial charge in [-0.2, -0.15) is 0 Å². The van der Waals surface area contributed by atoms with Gasteiger partial charge in [-0.3, -0.25) is 4.79 Å². The quantitative estimate of drug-likeness (QED) is 0.0204. The van der Waals surface area contributed by atoms with E-state index in [0.29, 0.717) is 12.8 Å². The molecule has 2 saturated heterocycles. The van der Waals surface area contributed by atoms with Gasteiger partial charge in [0.15, 0.2) is 12.6 Å². The first-order valence-corrected chi connectivity index (χ1v) is 40.2. The molecule has 0 aromatic rings. The van der Waals surface area contributed by atoms with Crippen molar-refractivity contribution < 1.29 is 64.6 Å². The molecule has 101 heavy (non-hydrogen) atoms. The molecule has 14 nitrogen and oxygen atoms in total. The summed E-state index contributed by atoms with van der Waals surface area (Å²) in [5.74, 6) is -0.262. The third-order valence-electron chi connectivity index (χ3n) is 18.4. The van der Waals surface area contributed by atoms with Crippen LogP contribution in [0.15, 0.2) is 158 Å². The minimum Gasteiger partial charge on any atom is -0.394 e. The second-order valence-corrected chi connectivity index (χ2v) is 27.4. The van der Waals surface area contributed by atoms with E-state index in [2.05, 4.69) is 165 Å². The molecule has 0 spiro atoms. The van der Waals surface area contributed by atoms with E-state index in [-0.39, 0.29) is 18.9 Å². The van der Waals surface area contributed by atoms with Gasteiger partial charge in [0.1, 0.15) is 48.8 Å². The van der Waals surface area contributed by atoms with Gasteiger partial charge in [0.2, 0.25) is 5.91 Å². The lowest BCUT2D eigenvalue weighted by atomic mass is 9.97. The smallest absolute Gasteiger partial charge is 0.220 e. The predicted molar refractivity (Wildman–Crippen MR) is 419 cm³/mol. The maximum absolute atomic E-state index is 13.4. The molecule has 0 aromatic carbocycles. The summed E-state index contributed by atoms with van der Waals surface area (Å²) >= 11 is 0. The largest absolute Gasteiger partial charge is 0.394 e. The first-order chi connectivity index (χ1) is 49.6. The van der Waals surface area contributed by atoms with Gasteiger partial charge in [0.05, 0.1) is 32.0 Å². The Bertz CT molecular complexity index is 2310. The average Bonchev–Trinajstić information content (AvgIpc) is 0.792. The van der Waals surface area contributed by atoms with Crippen LogP contribution in [0.3, 0.4) is 0 Å². The molecule has 2 aliphatic rings. The lowest BCUT2D eigenvalue weighted by Gasteiger charge is -2.46. The molecule has 1 amide bonds. The minimum absolute atomic E-state index is 0.255. The molecule has 14 heteroatoms. The van der Waals surface area contributed by atoms with E-state index in [1.54, 1.807) is 6.08 Å². The van der Waals surface area contributed by atoms with Gasteiger partial charge in [0.25, 0.3) is 0 Å². The molecule has 0 radical (unpaired) electrons. The third-order valence-corrected chi connectivity index (χ3v) is 18.4. The zero-order valence-electron chi connectivity index (χ0n) is 63.1. The van der Waals surface area contributed by atoms with Crippen LogP contribution in [0.4, 0.5) is 0 Å². The highest BCUT2D eigenvalue weighted by molar-refractivity contribution is 5.76. The van der Waals surface area contributed by atoms with Crippen LogP contribution in [-0.4, -0.2) is 140 Å². The molecule has 576 valence electrons. The standard InChI is InChI=1S/C87H145NO13/c1-3-5-7-9-11-13-15-17-19-21-23-25-27-29-31-32-33-34-35-36-37-38-39-40-41-42-43-44-45-47-49-51-53-55-57-59-61-63-65-67-69-71-79(92)88-75(74-98-86-84(97)82(95)85(78(73-90)100-86)101-87-83(96)81(94)80(93)77(72-89)99-87)76(91)70-68-66-64-62-60-58-56-54-52-50-48-46-30-28-26-24-22-20-18-16-14-12-10-8-6-4-2/h5,7,11,13,17,19,23,25,29,31,33-34,36-37,39-40,42-43,45,47,52,54,60,62,68,70,75-78,80-87,89-91,93-97H,3-4,6,8-10,12,14-16,18,20-22,24,26-28,30,32,35,38,41,44,46,48-51,53,55-59,61,63-67,69,71-74H2,1-2H3,(H,88,92)/b7-5-,13-11-,19-17-,25-23-,31-29-,34-33-,37-36-,40-39-,43-42-,47-45-,54-52+,62-60+,70-68+. The molecule has 12 unspecified atom stereocenters. The van der Waals surface area contributed by atoms with Crippen LogP contribution >= 0.6 is 0 Å². The van der Waals surface area contributed by atoms with E-state index in [9.17, 15) is 45.6 Å². The minimum atomic E-state index is -1.80. The van der Waals surface area contributed by atoms with E-state index in [0.717, 1.165) is 116 Å². The fourth-order valence-electron chi connectivity index (χ4n) is 12.1. The monoisotopic (exact) mass is 1410 g/mol. The highest BCUT2D eigenvalue weighted by Crippen LogP contribution is 2.30. The predicted octanol–water partition coefficient (Wildman–Crippen LogP) is 18.5. The number of hydrogen-bond acceptors (Lipinski definition) is 13. The second-order valence-electron chi connectivity index (χ2n) is 27.4. The van der Waals surface area contributed by atoms with Crippen LogP contribution in [0.2, 0.25) is 0 Å². The van der Waals surface area contributed by atoms with E-state index in [4.69, 9.17) is 18.9 Å². The van der Waals surface area contributed by atoms with Gasteiger partial charge in [-0.05, 0) is 122 Å². The van der Waals surface area contributed by atoms with E-state index in [1.807, 2.05) is 6.08 Å². The lowest BCUT2D eigenvalue weighted by molar-refractivity contribution is -0.359. The highest BCUT2D eigenvalue weighted by atomic mass is 16.7. The van der Waals surface area contributed by atoms with Crippen molar-refractivity contribution in [2.75, 3.05) is 19.8 Å². The summed E-state index contributed by atoms with van der Waals surface area (Å²) in [6, 6.07) is -0.953. The summed E-state index contributed by atoms with van der Waals surface area (Å²) in [5.41, 5.74) is 0. The zero-order chi connectivity index (χ0) is 73.0. The molecule has 0 aliphatic carbocycles. The SMILES string of the molecule is CC/C=C\C/C=C\C/C=C\C/C=C\C/C=C\C/C=C\C/C=C\C/C=C\C/C=C\C/C=C\CCCCCCCCCCCCC(=O)NC(COC1OC(CO)C(OC2OC(CO)C(O)C(O)C2O)C(O)C1O)C(O)/C=C/CC/C=C/CC/C=C/CCCCCCCCCCCCCCCCCC. The zero-order valence-corrected chi connectivity index (χ0v) is 63.1. The van der Waals surface area contributed by atoms with Gasteiger partial charge in [-0.1, -0.05) is 320 Å². The topological polar surface area (TPSA) is 228 Å². The number of unbranched alkanes of at least 4 members (excludes halogenated alkanes) is 28.